The van der Waals surface area contributed by atoms with Crippen LogP contribution >= 0.6 is 0 Å². The molecule has 0 heterocycles. The Balaban J connectivity index is 2.01. The molecule has 82 valence electrons. The lowest BCUT2D eigenvalue weighted by Gasteiger charge is -2.09. The van der Waals surface area contributed by atoms with Crippen LogP contribution in [0, 0.1) is 5.82 Å². The number of rotatable bonds is 4. The molecule has 1 aromatic rings. The SMILES string of the molecule is COc1ccc(CCC2(N)CC2)c(F)c1. The van der Waals surface area contributed by atoms with Crippen molar-refractivity contribution in [2.45, 2.75) is 31.2 Å². The number of ether oxygens (including phenoxy) is 1. The average molecular weight is 209 g/mol. The van der Waals surface area contributed by atoms with E-state index in [1.54, 1.807) is 12.1 Å². The fraction of sp³-hybridized carbons (Fsp3) is 0.500. The first-order valence-electron chi connectivity index (χ1n) is 5.24. The number of aryl methyl sites for hydroxylation is 1. The van der Waals surface area contributed by atoms with Crippen LogP contribution in [-0.2, 0) is 6.42 Å². The molecule has 3 heteroatoms. The molecule has 0 amide bonds. The Morgan fingerprint density at radius 2 is 2.20 bits per heavy atom. The molecule has 0 spiro atoms. The van der Waals surface area contributed by atoms with Crippen molar-refractivity contribution in [3.8, 4) is 5.75 Å². The van der Waals surface area contributed by atoms with Gasteiger partial charge in [0.2, 0.25) is 0 Å². The zero-order valence-corrected chi connectivity index (χ0v) is 8.92. The summed E-state index contributed by atoms with van der Waals surface area (Å²) in [5, 5.41) is 0. The van der Waals surface area contributed by atoms with Crippen molar-refractivity contribution in [1.29, 1.82) is 0 Å². The lowest BCUT2D eigenvalue weighted by molar-refractivity contribution is 0.410. The zero-order chi connectivity index (χ0) is 10.9. The second-order valence-corrected chi connectivity index (χ2v) is 4.32. The molecule has 1 aromatic carbocycles. The van der Waals surface area contributed by atoms with Crippen LogP contribution in [0.5, 0.6) is 5.75 Å². The van der Waals surface area contributed by atoms with E-state index in [2.05, 4.69) is 0 Å². The number of hydrogen-bond acceptors (Lipinski definition) is 2. The molecular weight excluding hydrogens is 193 g/mol. The number of nitrogens with two attached hydrogens (primary N) is 1. The maximum absolute atomic E-state index is 13.5. The average Bonchev–Trinajstić information content (AvgIpc) is 2.95. The van der Waals surface area contributed by atoms with Crippen LogP contribution in [0.15, 0.2) is 18.2 Å². The standard InChI is InChI=1S/C12H16FNO/c1-15-10-3-2-9(11(13)8-10)4-5-12(14)6-7-12/h2-3,8H,4-7,14H2,1H3. The van der Waals surface area contributed by atoms with Gasteiger partial charge in [-0.15, -0.1) is 0 Å². The Bertz CT molecular complexity index is 361. The molecule has 0 unspecified atom stereocenters. The topological polar surface area (TPSA) is 35.2 Å². The molecule has 2 N–H and O–H groups in total. The summed E-state index contributed by atoms with van der Waals surface area (Å²) >= 11 is 0. The fourth-order valence-corrected chi connectivity index (χ4v) is 1.65. The van der Waals surface area contributed by atoms with Gasteiger partial charge in [-0.05, 0) is 37.3 Å². The summed E-state index contributed by atoms with van der Waals surface area (Å²) in [6.07, 6.45) is 3.73. The second-order valence-electron chi connectivity index (χ2n) is 4.32. The van der Waals surface area contributed by atoms with E-state index in [4.69, 9.17) is 10.5 Å². The van der Waals surface area contributed by atoms with E-state index in [0.29, 0.717) is 12.2 Å². The quantitative estimate of drug-likeness (QED) is 0.825. The van der Waals surface area contributed by atoms with Crippen LogP contribution in [0.2, 0.25) is 0 Å². The molecular formula is C12H16FNO. The van der Waals surface area contributed by atoms with Crippen LogP contribution in [0.3, 0.4) is 0 Å². The molecule has 0 bridgehead atoms. The molecule has 0 saturated heterocycles. The molecule has 1 aliphatic carbocycles. The number of hydrogen-bond donors (Lipinski definition) is 1. The van der Waals surface area contributed by atoms with Gasteiger partial charge in [-0.25, -0.2) is 4.39 Å². The predicted molar refractivity (Wildman–Crippen MR) is 57.4 cm³/mol. The third-order valence-electron chi connectivity index (χ3n) is 3.04. The second kappa shape index (κ2) is 3.81. The minimum absolute atomic E-state index is 0.00757. The van der Waals surface area contributed by atoms with Crippen molar-refractivity contribution in [3.05, 3.63) is 29.6 Å². The van der Waals surface area contributed by atoms with Gasteiger partial charge in [-0.3, -0.25) is 0 Å². The summed E-state index contributed by atoms with van der Waals surface area (Å²) < 4.78 is 18.5. The van der Waals surface area contributed by atoms with E-state index in [-0.39, 0.29) is 11.4 Å². The van der Waals surface area contributed by atoms with E-state index < -0.39 is 0 Å². The van der Waals surface area contributed by atoms with Crippen LogP contribution in [0.4, 0.5) is 4.39 Å². The maximum atomic E-state index is 13.5. The first-order valence-corrected chi connectivity index (χ1v) is 5.24. The Morgan fingerprint density at radius 3 is 2.73 bits per heavy atom. The molecule has 1 fully saturated rings. The van der Waals surface area contributed by atoms with E-state index in [1.807, 2.05) is 0 Å². The Hall–Kier alpha value is -1.09. The highest BCUT2D eigenvalue weighted by Gasteiger charge is 2.37. The van der Waals surface area contributed by atoms with Gasteiger partial charge in [0.1, 0.15) is 11.6 Å². The molecule has 2 rings (SSSR count). The lowest BCUT2D eigenvalue weighted by atomic mass is 10.0. The predicted octanol–water partition coefficient (Wildman–Crippen LogP) is 2.26. The van der Waals surface area contributed by atoms with Crippen LogP contribution < -0.4 is 10.5 Å². The summed E-state index contributed by atoms with van der Waals surface area (Å²) in [7, 11) is 1.54. The monoisotopic (exact) mass is 209 g/mol. The summed E-state index contributed by atoms with van der Waals surface area (Å²) in [6, 6.07) is 4.99. The fourth-order valence-electron chi connectivity index (χ4n) is 1.65. The van der Waals surface area contributed by atoms with E-state index in [1.165, 1.54) is 13.2 Å². The molecule has 2 nitrogen and oxygen atoms in total. The van der Waals surface area contributed by atoms with Gasteiger partial charge >= 0.3 is 0 Å². The zero-order valence-electron chi connectivity index (χ0n) is 8.92. The summed E-state index contributed by atoms with van der Waals surface area (Å²) in [6.45, 7) is 0. The largest absolute Gasteiger partial charge is 0.497 e. The number of benzene rings is 1. The Kier molecular flexibility index (Phi) is 2.65. The normalized spacial score (nSPS) is 17.5. The molecule has 0 radical (unpaired) electrons. The molecule has 15 heavy (non-hydrogen) atoms. The molecule has 1 aliphatic rings. The third-order valence-corrected chi connectivity index (χ3v) is 3.04. The summed E-state index contributed by atoms with van der Waals surface area (Å²) in [5.41, 5.74) is 6.68. The van der Waals surface area contributed by atoms with Crippen LogP contribution in [0.1, 0.15) is 24.8 Å². The van der Waals surface area contributed by atoms with Crippen molar-refractivity contribution in [2.24, 2.45) is 5.73 Å². The highest BCUT2D eigenvalue weighted by molar-refractivity contribution is 5.29. The van der Waals surface area contributed by atoms with Crippen LogP contribution in [0.25, 0.3) is 0 Å². The molecule has 1 saturated carbocycles. The highest BCUT2D eigenvalue weighted by Crippen LogP contribution is 2.36. The van der Waals surface area contributed by atoms with Gasteiger partial charge in [0.05, 0.1) is 7.11 Å². The first-order chi connectivity index (χ1) is 7.13. The van der Waals surface area contributed by atoms with Crippen molar-refractivity contribution in [2.75, 3.05) is 7.11 Å². The van der Waals surface area contributed by atoms with E-state index in [0.717, 1.165) is 24.8 Å². The number of halogens is 1. The Labute approximate surface area is 89.2 Å². The van der Waals surface area contributed by atoms with Gasteiger partial charge in [0.15, 0.2) is 0 Å². The van der Waals surface area contributed by atoms with Crippen molar-refractivity contribution >= 4 is 0 Å². The van der Waals surface area contributed by atoms with Gasteiger partial charge in [0, 0.05) is 11.6 Å². The van der Waals surface area contributed by atoms with Gasteiger partial charge in [-0.2, -0.15) is 0 Å². The van der Waals surface area contributed by atoms with E-state index in [9.17, 15) is 4.39 Å². The first kappa shape index (κ1) is 10.4. The molecule has 0 aliphatic heterocycles. The summed E-state index contributed by atoms with van der Waals surface area (Å²) in [4.78, 5) is 0. The van der Waals surface area contributed by atoms with Gasteiger partial charge < -0.3 is 10.5 Å². The molecule has 0 aromatic heterocycles. The van der Waals surface area contributed by atoms with Crippen molar-refractivity contribution < 1.29 is 9.13 Å². The number of methoxy groups -OCH3 is 1. The van der Waals surface area contributed by atoms with Crippen molar-refractivity contribution in [1.82, 2.24) is 0 Å². The third kappa shape index (κ3) is 2.48. The van der Waals surface area contributed by atoms with Gasteiger partial charge in [0.25, 0.3) is 0 Å². The van der Waals surface area contributed by atoms with E-state index >= 15 is 0 Å². The van der Waals surface area contributed by atoms with Crippen molar-refractivity contribution in [3.63, 3.8) is 0 Å². The minimum Gasteiger partial charge on any atom is -0.497 e. The lowest BCUT2D eigenvalue weighted by Crippen LogP contribution is -2.22. The Morgan fingerprint density at radius 1 is 1.47 bits per heavy atom. The highest BCUT2D eigenvalue weighted by atomic mass is 19.1. The van der Waals surface area contributed by atoms with Crippen LogP contribution in [-0.4, -0.2) is 12.6 Å². The van der Waals surface area contributed by atoms with Gasteiger partial charge in [-0.1, -0.05) is 6.07 Å². The smallest absolute Gasteiger partial charge is 0.130 e. The summed E-state index contributed by atoms with van der Waals surface area (Å²) in [5.74, 6) is 0.365. The minimum atomic E-state index is -0.196. The molecule has 0 atom stereocenters. The maximum Gasteiger partial charge on any atom is 0.130 e.